The van der Waals surface area contributed by atoms with Crippen molar-refractivity contribution in [2.24, 2.45) is 4.99 Å². The van der Waals surface area contributed by atoms with Crippen molar-refractivity contribution in [1.82, 2.24) is 5.48 Å². The molecule has 0 radical (unpaired) electrons. The van der Waals surface area contributed by atoms with Gasteiger partial charge in [-0.1, -0.05) is 30.3 Å². The molecule has 3 aromatic carbocycles. The maximum Gasteiger partial charge on any atom is 0.275 e. The highest BCUT2D eigenvalue weighted by Crippen LogP contribution is 2.43. The lowest BCUT2D eigenvalue weighted by Gasteiger charge is -2.16. The zero-order valence-electron chi connectivity index (χ0n) is 14.5. The van der Waals surface area contributed by atoms with E-state index in [0.29, 0.717) is 39.5 Å². The van der Waals surface area contributed by atoms with Gasteiger partial charge in [-0.25, -0.2) is 5.48 Å². The topological polar surface area (TPSA) is 80.2 Å². The lowest BCUT2D eigenvalue weighted by Crippen LogP contribution is -2.19. The van der Waals surface area contributed by atoms with E-state index in [1.165, 1.54) is 0 Å². The quantitative estimate of drug-likeness (QED) is 0.421. The average Bonchev–Trinajstić information content (AvgIpc) is 2.91. The molecule has 27 heavy (non-hydrogen) atoms. The fourth-order valence-electron chi connectivity index (χ4n) is 3.10. The number of aliphatic imine (C=N–C) groups is 1. The molecule has 0 aromatic heterocycles. The molecule has 6 nitrogen and oxygen atoms in total. The summed E-state index contributed by atoms with van der Waals surface area (Å²) in [5.41, 5.74) is 4.72. The minimum absolute atomic E-state index is 0.327. The van der Waals surface area contributed by atoms with E-state index in [1.807, 2.05) is 42.5 Å². The van der Waals surface area contributed by atoms with Crippen molar-refractivity contribution in [2.75, 3.05) is 7.11 Å². The Morgan fingerprint density at radius 3 is 2.59 bits per heavy atom. The van der Waals surface area contributed by atoms with E-state index in [4.69, 9.17) is 14.7 Å². The van der Waals surface area contributed by atoms with Crippen LogP contribution in [0.2, 0.25) is 0 Å². The number of nitrogens with one attached hydrogen (secondary N) is 1. The molecule has 4 rings (SSSR count). The molecule has 0 saturated carbocycles. The van der Waals surface area contributed by atoms with E-state index in [2.05, 4.69) is 4.99 Å². The zero-order valence-corrected chi connectivity index (χ0v) is 14.5. The summed E-state index contributed by atoms with van der Waals surface area (Å²) in [4.78, 5) is 16.5. The van der Waals surface area contributed by atoms with Crippen molar-refractivity contribution < 1.29 is 19.5 Å². The molecule has 134 valence electrons. The van der Waals surface area contributed by atoms with E-state index in [-0.39, 0.29) is 0 Å². The first-order valence-corrected chi connectivity index (χ1v) is 8.28. The number of carbonyl (C=O) groups is 1. The second-order valence-corrected chi connectivity index (χ2v) is 5.87. The summed E-state index contributed by atoms with van der Waals surface area (Å²) in [5, 5.41) is 9.04. The van der Waals surface area contributed by atoms with E-state index in [1.54, 1.807) is 37.0 Å². The summed E-state index contributed by atoms with van der Waals surface area (Å²) in [6.07, 6.45) is 1.69. The first-order chi connectivity index (χ1) is 13.2. The van der Waals surface area contributed by atoms with Crippen molar-refractivity contribution in [1.29, 1.82) is 0 Å². The van der Waals surface area contributed by atoms with Gasteiger partial charge >= 0.3 is 0 Å². The summed E-state index contributed by atoms with van der Waals surface area (Å²) in [7, 11) is 1.56. The first kappa shape index (κ1) is 16.8. The number of carbonyl (C=O) groups excluding carboxylic acids is 1. The molecule has 0 aliphatic carbocycles. The largest absolute Gasteiger partial charge is 0.495 e. The number of ether oxygens (including phenoxy) is 2. The fourth-order valence-corrected chi connectivity index (χ4v) is 3.10. The van der Waals surface area contributed by atoms with Crippen molar-refractivity contribution in [3.8, 4) is 28.4 Å². The van der Waals surface area contributed by atoms with Crippen LogP contribution in [0.15, 0.2) is 65.7 Å². The number of hydrogen-bond acceptors (Lipinski definition) is 5. The van der Waals surface area contributed by atoms with Crippen LogP contribution in [-0.2, 0) is 0 Å². The van der Waals surface area contributed by atoms with Gasteiger partial charge in [0.2, 0.25) is 0 Å². The summed E-state index contributed by atoms with van der Waals surface area (Å²) in [6, 6.07) is 18.1. The third kappa shape index (κ3) is 2.92. The molecule has 0 bridgehead atoms. The number of amides is 1. The van der Waals surface area contributed by atoms with Crippen LogP contribution in [0, 0.1) is 0 Å². The average molecular weight is 360 g/mol. The maximum atomic E-state index is 12.0. The van der Waals surface area contributed by atoms with Crippen molar-refractivity contribution in [3.05, 3.63) is 71.8 Å². The Bertz CT molecular complexity index is 1060. The van der Waals surface area contributed by atoms with Crippen LogP contribution in [0.1, 0.15) is 15.9 Å². The van der Waals surface area contributed by atoms with E-state index >= 15 is 0 Å². The Labute approximate surface area is 155 Å². The number of hydroxylamine groups is 1. The number of methoxy groups -OCH3 is 1. The monoisotopic (exact) mass is 360 g/mol. The van der Waals surface area contributed by atoms with Gasteiger partial charge in [0.15, 0.2) is 5.75 Å². The Morgan fingerprint density at radius 1 is 1.00 bits per heavy atom. The summed E-state index contributed by atoms with van der Waals surface area (Å²) in [5.74, 6) is 1.19. The molecular weight excluding hydrogens is 344 g/mol. The molecular formula is C21H16N2O4. The normalized spacial score (nSPS) is 11.6. The van der Waals surface area contributed by atoms with Gasteiger partial charge in [-0.2, -0.15) is 0 Å². The summed E-state index contributed by atoms with van der Waals surface area (Å²) in [6.45, 7) is 0. The molecule has 1 heterocycles. The smallest absolute Gasteiger partial charge is 0.275 e. The number of fused-ring (bicyclic) bond motifs is 2. The van der Waals surface area contributed by atoms with Crippen LogP contribution in [0.4, 0.5) is 5.69 Å². The van der Waals surface area contributed by atoms with E-state index in [0.717, 1.165) is 5.69 Å². The Kier molecular flexibility index (Phi) is 4.32. The second-order valence-electron chi connectivity index (χ2n) is 5.87. The maximum absolute atomic E-state index is 12.0. The van der Waals surface area contributed by atoms with Gasteiger partial charge in [-0.05, 0) is 35.9 Å². The van der Waals surface area contributed by atoms with Crippen LogP contribution in [0.5, 0.6) is 17.2 Å². The van der Waals surface area contributed by atoms with Crippen LogP contribution >= 0.6 is 0 Å². The van der Waals surface area contributed by atoms with Crippen molar-refractivity contribution >= 4 is 17.8 Å². The molecule has 1 aliphatic rings. The highest BCUT2D eigenvalue weighted by molar-refractivity contribution is 6.03. The zero-order chi connectivity index (χ0) is 18.8. The van der Waals surface area contributed by atoms with Gasteiger partial charge in [0.1, 0.15) is 17.2 Å². The Morgan fingerprint density at radius 2 is 1.78 bits per heavy atom. The van der Waals surface area contributed by atoms with Gasteiger partial charge < -0.3 is 9.47 Å². The third-order valence-corrected chi connectivity index (χ3v) is 4.34. The summed E-state index contributed by atoms with van der Waals surface area (Å²) < 4.78 is 11.7. The van der Waals surface area contributed by atoms with E-state index < -0.39 is 5.91 Å². The van der Waals surface area contributed by atoms with Crippen LogP contribution in [-0.4, -0.2) is 24.4 Å². The highest BCUT2D eigenvalue weighted by Gasteiger charge is 2.21. The first-order valence-electron chi connectivity index (χ1n) is 8.28. The van der Waals surface area contributed by atoms with Gasteiger partial charge in [-0.15, -0.1) is 0 Å². The van der Waals surface area contributed by atoms with Gasteiger partial charge in [-0.3, -0.25) is 15.0 Å². The minimum Gasteiger partial charge on any atom is -0.495 e. The lowest BCUT2D eigenvalue weighted by molar-refractivity contribution is 0.0707. The molecule has 1 amide bonds. The molecule has 6 heteroatoms. The SMILES string of the molecule is COc1c(-c2ccccc2C(=O)NO)ccc2c1C=Nc1ccccc1O2. The molecule has 0 fully saturated rings. The number of hydrogen-bond donors (Lipinski definition) is 2. The van der Waals surface area contributed by atoms with Crippen LogP contribution in [0.3, 0.4) is 0 Å². The summed E-state index contributed by atoms with van der Waals surface area (Å²) >= 11 is 0. The predicted octanol–water partition coefficient (Wildman–Crippen LogP) is 4.34. The van der Waals surface area contributed by atoms with Gasteiger partial charge in [0.25, 0.3) is 5.91 Å². The lowest BCUT2D eigenvalue weighted by atomic mass is 9.96. The molecule has 0 atom stereocenters. The number of nitrogens with zero attached hydrogens (tertiary/aromatic N) is 1. The Balaban J connectivity index is 1.91. The number of benzene rings is 3. The third-order valence-electron chi connectivity index (χ3n) is 4.34. The molecule has 2 N–H and O–H groups in total. The number of rotatable bonds is 3. The standard InChI is InChI=1S/C21H16N2O4/c1-26-20-14(13-6-2-3-7-15(13)21(24)23-25)10-11-18-16(20)12-22-17-8-4-5-9-19(17)27-18/h2-12,25H,1H3,(H,23,24). The van der Waals surface area contributed by atoms with Gasteiger partial charge in [0.05, 0.1) is 12.7 Å². The molecule has 0 unspecified atom stereocenters. The number of para-hydroxylation sites is 2. The highest BCUT2D eigenvalue weighted by atomic mass is 16.5. The fraction of sp³-hybridized carbons (Fsp3) is 0.0476. The second kappa shape index (κ2) is 6.93. The van der Waals surface area contributed by atoms with E-state index in [9.17, 15) is 4.79 Å². The minimum atomic E-state index is -0.597. The van der Waals surface area contributed by atoms with Crippen molar-refractivity contribution in [2.45, 2.75) is 0 Å². The van der Waals surface area contributed by atoms with Crippen LogP contribution < -0.4 is 15.0 Å². The molecule has 1 aliphatic heterocycles. The van der Waals surface area contributed by atoms with Crippen LogP contribution in [0.25, 0.3) is 11.1 Å². The Hall–Kier alpha value is -3.64. The van der Waals surface area contributed by atoms with Gasteiger partial charge in [0, 0.05) is 17.3 Å². The molecule has 0 spiro atoms. The van der Waals surface area contributed by atoms with Crippen molar-refractivity contribution in [3.63, 3.8) is 0 Å². The molecule has 3 aromatic rings. The molecule has 0 saturated heterocycles. The predicted molar refractivity (Wildman–Crippen MR) is 101 cm³/mol.